The van der Waals surface area contributed by atoms with E-state index in [-0.39, 0.29) is 0 Å². The molecule has 24 heavy (non-hydrogen) atoms. The van der Waals surface area contributed by atoms with Crippen LogP contribution in [-0.2, 0) is 6.42 Å². The molecule has 0 saturated carbocycles. The number of hydrogen-bond donors (Lipinski definition) is 0. The Hall–Kier alpha value is -2.52. The molecule has 0 aliphatic heterocycles. The lowest BCUT2D eigenvalue weighted by molar-refractivity contribution is 0.688. The fraction of sp³-hybridized carbons (Fsp3) is 0.250. The van der Waals surface area contributed by atoms with Crippen LogP contribution in [0.2, 0.25) is 0 Å². The molecule has 1 aliphatic rings. The molecule has 0 bridgehead atoms. The van der Waals surface area contributed by atoms with E-state index in [2.05, 4.69) is 82.3 Å². The van der Waals surface area contributed by atoms with Gasteiger partial charge in [-0.15, -0.1) is 11.5 Å². The summed E-state index contributed by atoms with van der Waals surface area (Å²) < 4.78 is 0. The second kappa shape index (κ2) is 7.84. The Morgan fingerprint density at radius 1 is 1.25 bits per heavy atom. The highest BCUT2D eigenvalue weighted by Gasteiger charge is 2.18. The zero-order chi connectivity index (χ0) is 17.7. The predicted molar refractivity (Wildman–Crippen MR) is 106 cm³/mol. The number of allylic oxidation sites excluding steroid dienone is 7. The van der Waals surface area contributed by atoms with Gasteiger partial charge in [-0.2, -0.15) is 0 Å². The number of hydrogen-bond acceptors (Lipinski definition) is 0. The molecule has 0 saturated heterocycles. The summed E-state index contributed by atoms with van der Waals surface area (Å²) in [5.74, 6) is 0.366. The smallest absolute Gasteiger partial charge is 0.0225 e. The normalized spacial score (nSPS) is 14.5. The zero-order valence-electron chi connectivity index (χ0n) is 15.1. The van der Waals surface area contributed by atoms with Gasteiger partial charge in [0.1, 0.15) is 0 Å². The summed E-state index contributed by atoms with van der Waals surface area (Å²) in [7, 11) is 0. The van der Waals surface area contributed by atoms with E-state index in [1.807, 2.05) is 0 Å². The van der Waals surface area contributed by atoms with Crippen LogP contribution in [0, 0.1) is 5.92 Å². The van der Waals surface area contributed by atoms with Crippen molar-refractivity contribution in [3.63, 3.8) is 0 Å². The zero-order valence-corrected chi connectivity index (χ0v) is 15.1. The number of rotatable bonds is 6. The Kier molecular flexibility index (Phi) is 5.83. The van der Waals surface area contributed by atoms with Crippen molar-refractivity contribution < 1.29 is 0 Å². The molecule has 0 fully saturated rings. The van der Waals surface area contributed by atoms with E-state index in [0.717, 1.165) is 24.0 Å². The summed E-state index contributed by atoms with van der Waals surface area (Å²) >= 11 is 0. The lowest BCUT2D eigenvalue weighted by Crippen LogP contribution is -2.05. The minimum absolute atomic E-state index is 0.366. The van der Waals surface area contributed by atoms with Crippen LogP contribution in [0.1, 0.15) is 38.3 Å². The van der Waals surface area contributed by atoms with Crippen LogP contribution in [0.15, 0.2) is 89.9 Å². The molecule has 1 aliphatic carbocycles. The van der Waals surface area contributed by atoms with Gasteiger partial charge in [-0.05, 0) is 49.3 Å². The van der Waals surface area contributed by atoms with Gasteiger partial charge in [-0.25, -0.2) is 0 Å². The van der Waals surface area contributed by atoms with Gasteiger partial charge < -0.3 is 0 Å². The highest BCUT2D eigenvalue weighted by molar-refractivity contribution is 5.73. The molecule has 0 spiro atoms. The summed E-state index contributed by atoms with van der Waals surface area (Å²) in [5.41, 5.74) is 14.9. The highest BCUT2D eigenvalue weighted by Crippen LogP contribution is 2.33. The lowest BCUT2D eigenvalue weighted by atomic mass is 9.87. The first-order valence-corrected chi connectivity index (χ1v) is 8.39. The van der Waals surface area contributed by atoms with Crippen LogP contribution >= 0.6 is 0 Å². The van der Waals surface area contributed by atoms with E-state index in [4.69, 9.17) is 0 Å². The maximum Gasteiger partial charge on any atom is 0.0225 e. The highest BCUT2D eigenvalue weighted by atomic mass is 14.2. The van der Waals surface area contributed by atoms with Crippen LogP contribution in [-0.4, -0.2) is 0 Å². The Labute approximate surface area is 146 Å². The maximum absolute atomic E-state index is 3.94. The van der Waals surface area contributed by atoms with Crippen molar-refractivity contribution >= 4 is 5.57 Å². The van der Waals surface area contributed by atoms with Crippen molar-refractivity contribution in [3.05, 3.63) is 101 Å². The van der Waals surface area contributed by atoms with Crippen molar-refractivity contribution in [1.82, 2.24) is 0 Å². The van der Waals surface area contributed by atoms with Gasteiger partial charge in [0.05, 0.1) is 0 Å². The molecule has 1 aromatic rings. The standard InChI is InChI=1S/C24H26/c1-7-21(8-2)22-12-10-11-20(16-22)15-19(6)23(9-3)24-14-17(4)13-18(24)5/h7,10-12,14,16,19H,1-3,13,15H2,4-6H3. The van der Waals surface area contributed by atoms with Gasteiger partial charge in [0, 0.05) is 11.1 Å². The van der Waals surface area contributed by atoms with Crippen LogP contribution in [0.3, 0.4) is 0 Å². The van der Waals surface area contributed by atoms with Crippen molar-refractivity contribution in [2.75, 3.05) is 0 Å². The fourth-order valence-corrected chi connectivity index (χ4v) is 3.39. The molecule has 1 atom stereocenters. The summed E-state index contributed by atoms with van der Waals surface area (Å²) in [4.78, 5) is 0. The first-order chi connectivity index (χ1) is 11.5. The molecule has 1 aromatic carbocycles. The number of benzene rings is 1. The van der Waals surface area contributed by atoms with E-state index in [9.17, 15) is 0 Å². The Morgan fingerprint density at radius 3 is 2.54 bits per heavy atom. The molecule has 0 heterocycles. The van der Waals surface area contributed by atoms with Gasteiger partial charge in [0.15, 0.2) is 0 Å². The van der Waals surface area contributed by atoms with Crippen LogP contribution < -0.4 is 0 Å². The molecule has 0 amide bonds. The summed E-state index contributed by atoms with van der Waals surface area (Å²) in [6.45, 7) is 18.2. The fourth-order valence-electron chi connectivity index (χ4n) is 3.39. The SMILES string of the molecule is C=C=C(C=C)c1cccc(CC(C)C(=C=C)C2=C(C)CC(C)=C2)c1. The van der Waals surface area contributed by atoms with Gasteiger partial charge in [-0.1, -0.05) is 74.2 Å². The molecule has 122 valence electrons. The molecule has 0 heteroatoms. The molecular weight excluding hydrogens is 288 g/mol. The summed E-state index contributed by atoms with van der Waals surface area (Å²) in [6, 6.07) is 8.52. The average molecular weight is 314 g/mol. The largest absolute Gasteiger partial charge is 0.124 e. The third-order valence-electron chi connectivity index (χ3n) is 4.54. The topological polar surface area (TPSA) is 0 Å². The first-order valence-electron chi connectivity index (χ1n) is 8.39. The van der Waals surface area contributed by atoms with Crippen molar-refractivity contribution in [2.45, 2.75) is 33.6 Å². The van der Waals surface area contributed by atoms with E-state index >= 15 is 0 Å². The maximum atomic E-state index is 3.94. The van der Waals surface area contributed by atoms with Crippen LogP contribution in [0.4, 0.5) is 0 Å². The molecule has 0 N–H and O–H groups in total. The second-order valence-electron chi connectivity index (χ2n) is 6.55. The van der Waals surface area contributed by atoms with Crippen LogP contribution in [0.5, 0.6) is 0 Å². The molecular formula is C24H26. The Bertz CT molecular complexity index is 813. The second-order valence-corrected chi connectivity index (χ2v) is 6.55. The average Bonchev–Trinajstić information content (AvgIpc) is 2.88. The van der Waals surface area contributed by atoms with Crippen molar-refractivity contribution in [2.24, 2.45) is 5.92 Å². The van der Waals surface area contributed by atoms with Gasteiger partial charge in [0.2, 0.25) is 0 Å². The van der Waals surface area contributed by atoms with E-state index in [0.29, 0.717) is 5.92 Å². The quantitative estimate of drug-likeness (QED) is 0.410. The van der Waals surface area contributed by atoms with Gasteiger partial charge in [-0.3, -0.25) is 0 Å². The third-order valence-corrected chi connectivity index (χ3v) is 4.54. The van der Waals surface area contributed by atoms with Gasteiger partial charge in [0.25, 0.3) is 0 Å². The minimum atomic E-state index is 0.366. The van der Waals surface area contributed by atoms with Crippen molar-refractivity contribution in [1.29, 1.82) is 0 Å². The molecule has 1 unspecified atom stereocenters. The van der Waals surface area contributed by atoms with E-state index in [1.54, 1.807) is 6.08 Å². The molecule has 2 rings (SSSR count). The summed E-state index contributed by atoms with van der Waals surface area (Å²) in [5, 5.41) is 0. The Balaban J connectivity index is 2.26. The van der Waals surface area contributed by atoms with Crippen molar-refractivity contribution in [3.8, 4) is 0 Å². The summed E-state index contributed by atoms with van der Waals surface area (Å²) in [6.07, 6.45) is 6.10. The van der Waals surface area contributed by atoms with E-state index in [1.165, 1.54) is 27.9 Å². The first kappa shape index (κ1) is 17.8. The minimum Gasteiger partial charge on any atom is -0.124 e. The predicted octanol–water partition coefficient (Wildman–Crippen LogP) is 6.60. The monoisotopic (exact) mass is 314 g/mol. The van der Waals surface area contributed by atoms with Gasteiger partial charge >= 0.3 is 0 Å². The lowest BCUT2D eigenvalue weighted by Gasteiger charge is -2.16. The van der Waals surface area contributed by atoms with E-state index < -0.39 is 0 Å². The molecule has 0 radical (unpaired) electrons. The third kappa shape index (κ3) is 3.87. The molecule has 0 nitrogen and oxygen atoms in total. The van der Waals surface area contributed by atoms with Crippen LogP contribution in [0.25, 0.3) is 5.57 Å². The Morgan fingerprint density at radius 2 is 2.00 bits per heavy atom. The molecule has 0 aromatic heterocycles.